The van der Waals surface area contributed by atoms with E-state index in [1.165, 1.54) is 0 Å². The lowest BCUT2D eigenvalue weighted by Crippen LogP contribution is -2.10. The van der Waals surface area contributed by atoms with Crippen LogP contribution in [0, 0.1) is 0 Å². The minimum atomic E-state index is 0.284. The lowest BCUT2D eigenvalue weighted by atomic mass is 10.3. The molecule has 0 unspecified atom stereocenters. The SMILES string of the molecule is Clc1ccccc1OCc1nnc(SC[C@@H]2CCCO2)n1-c1ccccc1. The molecule has 0 aliphatic carbocycles. The molecule has 0 saturated carbocycles. The third-order valence-corrected chi connectivity index (χ3v) is 5.70. The van der Waals surface area contributed by atoms with Gasteiger partial charge in [0.05, 0.1) is 11.1 Å². The lowest BCUT2D eigenvalue weighted by molar-refractivity contribution is 0.129. The monoisotopic (exact) mass is 401 g/mol. The molecule has 1 aliphatic rings. The van der Waals surface area contributed by atoms with Crippen LogP contribution in [0.15, 0.2) is 59.8 Å². The van der Waals surface area contributed by atoms with Crippen molar-refractivity contribution in [1.82, 2.24) is 14.8 Å². The van der Waals surface area contributed by atoms with Crippen molar-refractivity contribution in [3.8, 4) is 11.4 Å². The minimum Gasteiger partial charge on any atom is -0.484 e. The fraction of sp³-hybridized carbons (Fsp3) is 0.300. The van der Waals surface area contributed by atoms with Gasteiger partial charge in [0.2, 0.25) is 0 Å². The molecule has 4 rings (SSSR count). The molecule has 0 spiro atoms. The first-order valence-electron chi connectivity index (χ1n) is 8.93. The molecule has 0 N–H and O–H groups in total. The molecule has 5 nitrogen and oxygen atoms in total. The van der Waals surface area contributed by atoms with Gasteiger partial charge in [0, 0.05) is 18.0 Å². The van der Waals surface area contributed by atoms with E-state index in [1.54, 1.807) is 11.8 Å². The van der Waals surface area contributed by atoms with Crippen LogP contribution in [0.1, 0.15) is 18.7 Å². The number of thioether (sulfide) groups is 1. The van der Waals surface area contributed by atoms with Crippen LogP contribution in [0.5, 0.6) is 5.75 Å². The lowest BCUT2D eigenvalue weighted by Gasteiger charge is -2.13. The topological polar surface area (TPSA) is 49.2 Å². The Bertz CT molecular complexity index is 882. The Kier molecular flexibility index (Phi) is 5.97. The molecule has 1 fully saturated rings. The van der Waals surface area contributed by atoms with E-state index >= 15 is 0 Å². The maximum absolute atomic E-state index is 6.19. The molecular weight excluding hydrogens is 382 g/mol. The van der Waals surface area contributed by atoms with Crippen molar-refractivity contribution >= 4 is 23.4 Å². The normalized spacial score (nSPS) is 16.6. The van der Waals surface area contributed by atoms with E-state index in [-0.39, 0.29) is 6.61 Å². The van der Waals surface area contributed by atoms with Gasteiger partial charge in [-0.25, -0.2) is 0 Å². The highest BCUT2D eigenvalue weighted by atomic mass is 35.5. The molecule has 140 valence electrons. The third kappa shape index (κ3) is 4.46. The first kappa shape index (κ1) is 18.3. The van der Waals surface area contributed by atoms with Gasteiger partial charge in [-0.1, -0.05) is 53.7 Å². The maximum atomic E-state index is 6.19. The standard InChI is InChI=1S/C20H20ClN3O2S/c21-17-10-4-5-11-18(17)26-13-19-22-23-20(27-14-16-9-6-12-25-16)24(19)15-7-2-1-3-8-15/h1-5,7-8,10-11,16H,6,9,12-14H2/t16-/m0/s1. The van der Waals surface area contributed by atoms with E-state index in [2.05, 4.69) is 10.2 Å². The van der Waals surface area contributed by atoms with Gasteiger partial charge in [-0.3, -0.25) is 4.57 Å². The molecule has 27 heavy (non-hydrogen) atoms. The predicted molar refractivity (Wildman–Crippen MR) is 107 cm³/mol. The Morgan fingerprint density at radius 3 is 2.70 bits per heavy atom. The van der Waals surface area contributed by atoms with Crippen LogP contribution < -0.4 is 4.74 Å². The molecule has 3 aromatic rings. The molecule has 0 amide bonds. The number of ether oxygens (including phenoxy) is 2. The van der Waals surface area contributed by atoms with Crippen molar-refractivity contribution in [3.05, 3.63) is 65.4 Å². The second-order valence-electron chi connectivity index (χ2n) is 6.23. The minimum absolute atomic E-state index is 0.284. The maximum Gasteiger partial charge on any atom is 0.196 e. The second-order valence-corrected chi connectivity index (χ2v) is 7.63. The molecule has 2 heterocycles. The summed E-state index contributed by atoms with van der Waals surface area (Å²) in [5.41, 5.74) is 1.01. The van der Waals surface area contributed by atoms with Crippen molar-refractivity contribution in [2.75, 3.05) is 12.4 Å². The number of hydrogen-bond donors (Lipinski definition) is 0. The fourth-order valence-electron chi connectivity index (χ4n) is 2.97. The van der Waals surface area contributed by atoms with Crippen LogP contribution in [-0.2, 0) is 11.3 Å². The summed E-state index contributed by atoms with van der Waals surface area (Å²) in [6.45, 7) is 1.14. The Balaban J connectivity index is 1.56. The third-order valence-electron chi connectivity index (χ3n) is 4.33. The summed E-state index contributed by atoms with van der Waals surface area (Å²) in [6.07, 6.45) is 2.53. The summed E-state index contributed by atoms with van der Waals surface area (Å²) in [6, 6.07) is 17.5. The predicted octanol–water partition coefficient (Wildman–Crippen LogP) is 4.77. The molecule has 2 aromatic carbocycles. The van der Waals surface area contributed by atoms with E-state index in [0.717, 1.165) is 41.9 Å². The van der Waals surface area contributed by atoms with Gasteiger partial charge in [-0.15, -0.1) is 10.2 Å². The average Bonchev–Trinajstić information content (AvgIpc) is 3.36. The molecule has 7 heteroatoms. The molecule has 0 bridgehead atoms. The first-order valence-corrected chi connectivity index (χ1v) is 10.3. The van der Waals surface area contributed by atoms with Crippen LogP contribution in [0.2, 0.25) is 5.02 Å². The summed E-state index contributed by atoms with van der Waals surface area (Å²) in [5, 5.41) is 10.2. The Morgan fingerprint density at radius 2 is 1.93 bits per heavy atom. The summed E-state index contributed by atoms with van der Waals surface area (Å²) in [7, 11) is 0. The van der Waals surface area contributed by atoms with Gasteiger partial charge >= 0.3 is 0 Å². The zero-order chi connectivity index (χ0) is 18.5. The van der Waals surface area contributed by atoms with Crippen LogP contribution in [-0.4, -0.2) is 33.2 Å². The molecule has 0 radical (unpaired) electrons. The van der Waals surface area contributed by atoms with Gasteiger partial charge in [0.15, 0.2) is 11.0 Å². The largest absolute Gasteiger partial charge is 0.484 e. The Labute approximate surface area is 167 Å². The highest BCUT2D eigenvalue weighted by molar-refractivity contribution is 7.99. The van der Waals surface area contributed by atoms with Crippen LogP contribution in [0.4, 0.5) is 0 Å². The number of nitrogens with zero attached hydrogens (tertiary/aromatic N) is 3. The van der Waals surface area contributed by atoms with E-state index in [0.29, 0.717) is 16.9 Å². The van der Waals surface area contributed by atoms with E-state index in [9.17, 15) is 0 Å². The van der Waals surface area contributed by atoms with Crippen molar-refractivity contribution in [1.29, 1.82) is 0 Å². The molecule has 1 atom stereocenters. The van der Waals surface area contributed by atoms with Gasteiger partial charge in [-0.2, -0.15) is 0 Å². The van der Waals surface area contributed by atoms with Gasteiger partial charge in [0.1, 0.15) is 12.4 Å². The van der Waals surface area contributed by atoms with Crippen molar-refractivity contribution in [2.24, 2.45) is 0 Å². The molecule has 1 aliphatic heterocycles. The summed E-state index contributed by atoms with van der Waals surface area (Å²) >= 11 is 7.86. The van der Waals surface area contributed by atoms with E-state index < -0.39 is 0 Å². The zero-order valence-electron chi connectivity index (χ0n) is 14.8. The number of aromatic nitrogens is 3. The molecule has 1 saturated heterocycles. The smallest absolute Gasteiger partial charge is 0.196 e. The van der Waals surface area contributed by atoms with Crippen molar-refractivity contribution in [3.63, 3.8) is 0 Å². The van der Waals surface area contributed by atoms with Gasteiger partial charge < -0.3 is 9.47 Å². The van der Waals surface area contributed by atoms with Crippen LogP contribution >= 0.6 is 23.4 Å². The average molecular weight is 402 g/mol. The van der Waals surface area contributed by atoms with E-state index in [4.69, 9.17) is 21.1 Å². The second kappa shape index (κ2) is 8.78. The van der Waals surface area contributed by atoms with Crippen molar-refractivity contribution < 1.29 is 9.47 Å². The molecule has 1 aromatic heterocycles. The molecular formula is C20H20ClN3O2S. The number of rotatable bonds is 7. The fourth-order valence-corrected chi connectivity index (χ4v) is 4.20. The van der Waals surface area contributed by atoms with Gasteiger partial charge in [-0.05, 0) is 37.1 Å². The highest BCUT2D eigenvalue weighted by Crippen LogP contribution is 2.28. The number of halogens is 1. The zero-order valence-corrected chi connectivity index (χ0v) is 16.3. The number of para-hydroxylation sites is 2. The summed E-state index contributed by atoms with van der Waals surface area (Å²) in [5.74, 6) is 2.24. The van der Waals surface area contributed by atoms with E-state index in [1.807, 2.05) is 59.2 Å². The van der Waals surface area contributed by atoms with Crippen LogP contribution in [0.3, 0.4) is 0 Å². The summed E-state index contributed by atoms with van der Waals surface area (Å²) < 4.78 is 13.7. The Morgan fingerprint density at radius 1 is 1.11 bits per heavy atom. The first-order chi connectivity index (χ1) is 13.3. The Hall–Kier alpha value is -2.02. The number of benzene rings is 2. The summed E-state index contributed by atoms with van der Waals surface area (Å²) in [4.78, 5) is 0. The number of hydrogen-bond acceptors (Lipinski definition) is 5. The van der Waals surface area contributed by atoms with Gasteiger partial charge in [0.25, 0.3) is 0 Å². The highest BCUT2D eigenvalue weighted by Gasteiger charge is 2.20. The van der Waals surface area contributed by atoms with Crippen molar-refractivity contribution in [2.45, 2.75) is 30.7 Å². The van der Waals surface area contributed by atoms with Crippen LogP contribution in [0.25, 0.3) is 5.69 Å². The quantitative estimate of drug-likeness (QED) is 0.533.